The van der Waals surface area contributed by atoms with Crippen LogP contribution < -0.4 is 5.32 Å². The first kappa shape index (κ1) is 10.7. The zero-order valence-corrected chi connectivity index (χ0v) is 8.62. The second-order valence-corrected chi connectivity index (χ2v) is 3.94. The van der Waals surface area contributed by atoms with Crippen molar-refractivity contribution in [1.82, 2.24) is 10.2 Å². The fourth-order valence-electron chi connectivity index (χ4n) is 1.55. The number of ketones is 1. The minimum Gasteiger partial charge on any atom is -0.309 e. The van der Waals surface area contributed by atoms with E-state index in [-0.39, 0.29) is 6.04 Å². The lowest BCUT2D eigenvalue weighted by molar-refractivity contribution is -0.121. The van der Waals surface area contributed by atoms with E-state index in [1.807, 2.05) is 19.0 Å². The van der Waals surface area contributed by atoms with Gasteiger partial charge < -0.3 is 4.90 Å². The van der Waals surface area contributed by atoms with Crippen LogP contribution >= 0.6 is 0 Å². The molecule has 0 amide bonds. The summed E-state index contributed by atoms with van der Waals surface area (Å²) < 4.78 is 0. The van der Waals surface area contributed by atoms with Crippen molar-refractivity contribution < 1.29 is 4.79 Å². The molecule has 0 N–H and O–H groups in total. The van der Waals surface area contributed by atoms with Gasteiger partial charge in [-0.3, -0.25) is 4.79 Å². The molecule has 0 aromatic rings. The van der Waals surface area contributed by atoms with Crippen molar-refractivity contribution in [2.45, 2.75) is 31.7 Å². The summed E-state index contributed by atoms with van der Waals surface area (Å²) in [5, 5.41) is 4.34. The van der Waals surface area contributed by atoms with E-state index < -0.39 is 0 Å². The monoisotopic (exact) mass is 183 g/mol. The van der Waals surface area contributed by atoms with Crippen molar-refractivity contribution in [3.63, 3.8) is 0 Å². The van der Waals surface area contributed by atoms with E-state index in [0.29, 0.717) is 12.2 Å². The fraction of sp³-hybridized carbons (Fsp3) is 0.900. The van der Waals surface area contributed by atoms with Gasteiger partial charge in [0.2, 0.25) is 0 Å². The Labute approximate surface area is 80.5 Å². The lowest BCUT2D eigenvalue weighted by atomic mass is 9.99. The highest BCUT2D eigenvalue weighted by Gasteiger charge is 2.20. The van der Waals surface area contributed by atoms with Crippen molar-refractivity contribution in [3.8, 4) is 0 Å². The maximum atomic E-state index is 11.6. The predicted octanol–water partition coefficient (Wildman–Crippen LogP) is 0.664. The zero-order chi connectivity index (χ0) is 9.68. The molecular weight excluding hydrogens is 164 g/mol. The number of hydrogen-bond donors (Lipinski definition) is 0. The maximum Gasteiger partial charge on any atom is 0.152 e. The normalized spacial score (nSPS) is 23.5. The minimum absolute atomic E-state index is 0.0219. The van der Waals surface area contributed by atoms with E-state index in [4.69, 9.17) is 0 Å². The van der Waals surface area contributed by atoms with E-state index in [2.05, 4.69) is 5.32 Å². The molecule has 1 saturated heterocycles. The molecule has 1 radical (unpaired) electrons. The molecule has 0 aromatic heterocycles. The standard InChI is InChI=1S/C10H19N2O/c1-12(2)8-6-10(13)9-5-3-4-7-11-9/h9H,3-8H2,1-2H3. The first-order valence-electron chi connectivity index (χ1n) is 5.04. The lowest BCUT2D eigenvalue weighted by Crippen LogP contribution is -2.36. The van der Waals surface area contributed by atoms with Gasteiger partial charge in [-0.2, -0.15) is 0 Å². The van der Waals surface area contributed by atoms with Crippen LogP contribution in [0.2, 0.25) is 0 Å². The molecule has 1 aliphatic rings. The summed E-state index contributed by atoms with van der Waals surface area (Å²) in [6, 6.07) is 0.0219. The van der Waals surface area contributed by atoms with Gasteiger partial charge in [-0.15, -0.1) is 0 Å². The minimum atomic E-state index is 0.0219. The average Bonchev–Trinajstić information content (AvgIpc) is 2.15. The third-order valence-electron chi connectivity index (χ3n) is 2.41. The maximum absolute atomic E-state index is 11.6. The van der Waals surface area contributed by atoms with Crippen LogP contribution in [0.5, 0.6) is 0 Å². The summed E-state index contributed by atoms with van der Waals surface area (Å²) in [5.74, 6) is 0.327. The van der Waals surface area contributed by atoms with Crippen LogP contribution in [0.15, 0.2) is 0 Å². The fourth-order valence-corrected chi connectivity index (χ4v) is 1.55. The molecule has 0 aliphatic carbocycles. The lowest BCUT2D eigenvalue weighted by Gasteiger charge is -2.20. The van der Waals surface area contributed by atoms with Gasteiger partial charge in [-0.1, -0.05) is 6.42 Å². The smallest absolute Gasteiger partial charge is 0.152 e. The molecule has 1 rings (SSSR count). The van der Waals surface area contributed by atoms with E-state index in [1.54, 1.807) is 0 Å². The predicted molar refractivity (Wildman–Crippen MR) is 52.8 cm³/mol. The van der Waals surface area contributed by atoms with Gasteiger partial charge in [0, 0.05) is 19.5 Å². The second-order valence-electron chi connectivity index (χ2n) is 3.94. The van der Waals surface area contributed by atoms with Crippen molar-refractivity contribution in [1.29, 1.82) is 0 Å². The Hall–Kier alpha value is -0.410. The third kappa shape index (κ3) is 3.87. The van der Waals surface area contributed by atoms with Crippen LogP contribution in [0.3, 0.4) is 0 Å². The first-order valence-corrected chi connectivity index (χ1v) is 5.04. The van der Waals surface area contributed by atoms with Crippen molar-refractivity contribution in [2.24, 2.45) is 0 Å². The molecule has 0 bridgehead atoms. The highest BCUT2D eigenvalue weighted by Crippen LogP contribution is 2.10. The molecule has 3 nitrogen and oxygen atoms in total. The van der Waals surface area contributed by atoms with Crippen LogP contribution in [0, 0.1) is 0 Å². The third-order valence-corrected chi connectivity index (χ3v) is 2.41. The van der Waals surface area contributed by atoms with Crippen molar-refractivity contribution in [2.75, 3.05) is 27.2 Å². The molecular formula is C10H19N2O. The van der Waals surface area contributed by atoms with E-state index in [9.17, 15) is 4.79 Å². The molecule has 13 heavy (non-hydrogen) atoms. The van der Waals surface area contributed by atoms with Gasteiger partial charge in [-0.25, -0.2) is 5.32 Å². The molecule has 0 spiro atoms. The van der Waals surface area contributed by atoms with E-state index in [1.165, 1.54) is 6.42 Å². The Morgan fingerprint density at radius 1 is 1.46 bits per heavy atom. The number of carbonyl (C=O) groups excluding carboxylic acids is 1. The molecule has 1 fully saturated rings. The summed E-state index contributed by atoms with van der Waals surface area (Å²) in [4.78, 5) is 13.6. The molecule has 3 heteroatoms. The highest BCUT2D eigenvalue weighted by molar-refractivity contribution is 5.84. The number of Topliss-reactive ketones (excluding diaryl/α,β-unsaturated/α-hetero) is 1. The van der Waals surface area contributed by atoms with Gasteiger partial charge in [0.15, 0.2) is 5.78 Å². The molecule has 0 aromatic carbocycles. The SMILES string of the molecule is CN(C)CCC(=O)C1CCCC[N]1. The quantitative estimate of drug-likeness (QED) is 0.642. The number of nitrogens with zero attached hydrogens (tertiary/aromatic N) is 2. The number of rotatable bonds is 4. The van der Waals surface area contributed by atoms with Crippen molar-refractivity contribution in [3.05, 3.63) is 0 Å². The Bertz CT molecular complexity index is 162. The topological polar surface area (TPSA) is 34.4 Å². The molecule has 0 saturated carbocycles. The average molecular weight is 183 g/mol. The summed E-state index contributed by atoms with van der Waals surface area (Å²) in [7, 11) is 3.98. The van der Waals surface area contributed by atoms with Gasteiger partial charge in [0.25, 0.3) is 0 Å². The zero-order valence-electron chi connectivity index (χ0n) is 8.62. The molecule has 1 heterocycles. The van der Waals surface area contributed by atoms with Crippen LogP contribution in [0.25, 0.3) is 0 Å². The second kappa shape index (κ2) is 5.35. The summed E-state index contributed by atoms with van der Waals surface area (Å²) >= 11 is 0. The van der Waals surface area contributed by atoms with Crippen LogP contribution in [0.4, 0.5) is 0 Å². The molecule has 1 atom stereocenters. The van der Waals surface area contributed by atoms with Crippen LogP contribution in [-0.2, 0) is 4.79 Å². The van der Waals surface area contributed by atoms with Gasteiger partial charge in [0.1, 0.15) is 0 Å². The van der Waals surface area contributed by atoms with Crippen LogP contribution in [0.1, 0.15) is 25.7 Å². The molecule has 75 valence electrons. The van der Waals surface area contributed by atoms with Crippen LogP contribution in [-0.4, -0.2) is 43.9 Å². The molecule has 1 unspecified atom stereocenters. The van der Waals surface area contributed by atoms with Gasteiger partial charge in [0.05, 0.1) is 6.04 Å². The van der Waals surface area contributed by atoms with Gasteiger partial charge >= 0.3 is 0 Å². The summed E-state index contributed by atoms with van der Waals surface area (Å²) in [6.45, 7) is 1.74. The largest absolute Gasteiger partial charge is 0.309 e. The first-order chi connectivity index (χ1) is 6.20. The Kier molecular flexibility index (Phi) is 4.39. The Morgan fingerprint density at radius 3 is 2.77 bits per heavy atom. The number of hydrogen-bond acceptors (Lipinski definition) is 2. The number of carbonyl (C=O) groups is 1. The molecule has 1 aliphatic heterocycles. The highest BCUT2D eigenvalue weighted by atomic mass is 16.1. The Morgan fingerprint density at radius 2 is 2.23 bits per heavy atom. The summed E-state index contributed by atoms with van der Waals surface area (Å²) in [5.41, 5.74) is 0. The van der Waals surface area contributed by atoms with E-state index >= 15 is 0 Å². The van der Waals surface area contributed by atoms with Crippen molar-refractivity contribution >= 4 is 5.78 Å². The van der Waals surface area contributed by atoms with E-state index in [0.717, 1.165) is 25.9 Å². The Balaban J connectivity index is 2.21. The van der Waals surface area contributed by atoms with Gasteiger partial charge in [-0.05, 0) is 26.9 Å². The summed E-state index contributed by atoms with van der Waals surface area (Å²) in [6.07, 6.45) is 3.97. The number of piperidine rings is 1.